The Balaban J connectivity index is 1.21. The van der Waals surface area contributed by atoms with Gasteiger partial charge in [0.2, 0.25) is 0 Å². The fraction of sp³-hybridized carbons (Fsp3) is 0. The number of hydrogen-bond acceptors (Lipinski definition) is 2. The number of fused-ring (bicyclic) bond motifs is 3. The van der Waals surface area contributed by atoms with Crippen LogP contribution >= 0.6 is 0 Å². The second kappa shape index (κ2) is 10.1. The van der Waals surface area contributed by atoms with Gasteiger partial charge in [0.25, 0.3) is 0 Å². The largest absolute Gasteiger partial charge is 0.455 e. The highest BCUT2D eigenvalue weighted by Crippen LogP contribution is 2.45. The summed E-state index contributed by atoms with van der Waals surface area (Å²) in [5, 5.41) is 9.98. The highest BCUT2D eigenvalue weighted by atomic mass is 16.3. The summed E-state index contributed by atoms with van der Waals surface area (Å²) in [6, 6.07) is 54.8. The van der Waals surface area contributed by atoms with Gasteiger partial charge in [-0.15, -0.1) is 0 Å². The van der Waals surface area contributed by atoms with Crippen LogP contribution in [0.2, 0.25) is 0 Å². The number of pyridine rings is 1. The average Bonchev–Trinajstić information content (AvgIpc) is 3.53. The Labute approximate surface area is 271 Å². The molecule has 0 unspecified atom stereocenters. The molecule has 0 aliphatic carbocycles. The molecule has 0 amide bonds. The Bertz CT molecular complexity index is 2760. The third kappa shape index (κ3) is 4.02. The molecule has 0 saturated carbocycles. The number of benzene rings is 8. The van der Waals surface area contributed by atoms with Crippen molar-refractivity contribution in [2.24, 2.45) is 0 Å². The van der Waals surface area contributed by atoms with Gasteiger partial charge in [0.1, 0.15) is 11.2 Å². The van der Waals surface area contributed by atoms with Gasteiger partial charge in [0.15, 0.2) is 0 Å². The molecule has 0 N–H and O–H groups in total. The minimum atomic E-state index is 0.914. The molecular weight excluding hydrogens is 571 g/mol. The van der Waals surface area contributed by atoms with Gasteiger partial charge in [0, 0.05) is 28.7 Å². The lowest BCUT2D eigenvalue weighted by atomic mass is 9.85. The van der Waals surface area contributed by atoms with E-state index in [0.717, 1.165) is 44.2 Å². The van der Waals surface area contributed by atoms with Crippen LogP contribution < -0.4 is 0 Å². The number of aromatic nitrogens is 1. The number of nitrogens with zero attached hydrogens (tertiary/aromatic N) is 1. The molecule has 10 aromatic rings. The minimum absolute atomic E-state index is 0.914. The molecule has 218 valence electrons. The molecule has 0 fully saturated rings. The summed E-state index contributed by atoms with van der Waals surface area (Å²) in [5.74, 6) is 0. The molecule has 0 radical (unpaired) electrons. The number of rotatable bonds is 4. The summed E-state index contributed by atoms with van der Waals surface area (Å²) in [4.78, 5) is 4.33. The summed E-state index contributed by atoms with van der Waals surface area (Å²) in [7, 11) is 0. The van der Waals surface area contributed by atoms with E-state index in [4.69, 9.17) is 4.42 Å². The third-order valence-corrected chi connectivity index (χ3v) is 9.73. The maximum atomic E-state index is 6.45. The molecule has 47 heavy (non-hydrogen) atoms. The van der Waals surface area contributed by atoms with Crippen LogP contribution in [-0.4, -0.2) is 4.98 Å². The highest BCUT2D eigenvalue weighted by Gasteiger charge is 2.18. The van der Waals surface area contributed by atoms with Crippen molar-refractivity contribution in [3.05, 3.63) is 164 Å². The molecular formula is C45H27NO. The lowest BCUT2D eigenvalue weighted by Gasteiger charge is -2.18. The fourth-order valence-corrected chi connectivity index (χ4v) is 7.51. The smallest absolute Gasteiger partial charge is 0.143 e. The number of hydrogen-bond donors (Lipinski definition) is 0. The van der Waals surface area contributed by atoms with Gasteiger partial charge < -0.3 is 4.42 Å². The van der Waals surface area contributed by atoms with Gasteiger partial charge >= 0.3 is 0 Å². The monoisotopic (exact) mass is 597 g/mol. The molecule has 2 heteroatoms. The van der Waals surface area contributed by atoms with Crippen molar-refractivity contribution < 1.29 is 4.42 Å². The maximum Gasteiger partial charge on any atom is 0.143 e. The topological polar surface area (TPSA) is 26.0 Å². The van der Waals surface area contributed by atoms with Crippen molar-refractivity contribution in [3.63, 3.8) is 0 Å². The lowest BCUT2D eigenvalue weighted by Crippen LogP contribution is -1.91. The van der Waals surface area contributed by atoms with E-state index < -0.39 is 0 Å². The van der Waals surface area contributed by atoms with E-state index in [-0.39, 0.29) is 0 Å². The Kier molecular flexibility index (Phi) is 5.61. The average molecular weight is 598 g/mol. The van der Waals surface area contributed by atoms with Gasteiger partial charge in [-0.3, -0.25) is 4.98 Å². The predicted octanol–water partition coefficient (Wildman–Crippen LogP) is 12.5. The molecule has 0 saturated heterocycles. The second-order valence-corrected chi connectivity index (χ2v) is 12.3. The summed E-state index contributed by atoms with van der Waals surface area (Å²) < 4.78 is 6.45. The molecule has 8 aromatic carbocycles. The van der Waals surface area contributed by atoms with Gasteiger partial charge in [-0.1, -0.05) is 127 Å². The Morgan fingerprint density at radius 2 is 1.04 bits per heavy atom. The first-order chi connectivity index (χ1) is 23.3. The van der Waals surface area contributed by atoms with Crippen LogP contribution in [0.1, 0.15) is 0 Å². The van der Waals surface area contributed by atoms with Crippen LogP contribution in [0.25, 0.3) is 98.8 Å². The van der Waals surface area contributed by atoms with Gasteiger partial charge in [-0.25, -0.2) is 0 Å². The van der Waals surface area contributed by atoms with E-state index in [1.807, 2.05) is 30.6 Å². The molecule has 0 spiro atoms. The zero-order valence-corrected chi connectivity index (χ0v) is 25.4. The SMILES string of the molecule is c1cncc(-c2ccc(-c3cc(-c4cccc(-c5cccc6c5oc5ccccc56)c4)c4ccc5cccc6ccc3c4c65)cc2)c1. The molecule has 2 nitrogen and oxygen atoms in total. The molecule has 2 aromatic heterocycles. The summed E-state index contributed by atoms with van der Waals surface area (Å²) in [6.07, 6.45) is 3.73. The van der Waals surface area contributed by atoms with Crippen molar-refractivity contribution in [1.82, 2.24) is 4.98 Å². The van der Waals surface area contributed by atoms with Crippen LogP contribution in [0.4, 0.5) is 0 Å². The van der Waals surface area contributed by atoms with Crippen LogP contribution in [0.5, 0.6) is 0 Å². The second-order valence-electron chi connectivity index (χ2n) is 12.3. The quantitative estimate of drug-likeness (QED) is 0.189. The minimum Gasteiger partial charge on any atom is -0.455 e. The standard InChI is InChI=1S/C45H27NO/c1-2-15-42-36(12-1)39-14-5-13-35(45(39)47-42)32-9-4-10-33(25-32)41-26-40(29-18-16-28(17-19-29)34-11-6-24-46-27-34)37-22-20-30-7-3-8-31-21-23-38(41)44(37)43(30)31/h1-27H. The van der Waals surface area contributed by atoms with Crippen LogP contribution in [0.3, 0.4) is 0 Å². The van der Waals surface area contributed by atoms with E-state index in [1.165, 1.54) is 54.6 Å². The van der Waals surface area contributed by atoms with E-state index >= 15 is 0 Å². The van der Waals surface area contributed by atoms with E-state index in [9.17, 15) is 0 Å². The maximum absolute atomic E-state index is 6.45. The van der Waals surface area contributed by atoms with E-state index in [2.05, 4.69) is 138 Å². The molecule has 0 aliphatic rings. The molecule has 0 atom stereocenters. The van der Waals surface area contributed by atoms with E-state index in [1.54, 1.807) is 0 Å². The normalized spacial score (nSPS) is 11.8. The fourth-order valence-electron chi connectivity index (χ4n) is 7.51. The zero-order valence-electron chi connectivity index (χ0n) is 25.4. The highest BCUT2D eigenvalue weighted by molar-refractivity contribution is 6.28. The van der Waals surface area contributed by atoms with Crippen molar-refractivity contribution >= 4 is 54.3 Å². The van der Waals surface area contributed by atoms with Crippen molar-refractivity contribution in [3.8, 4) is 44.5 Å². The number of para-hydroxylation sites is 2. The van der Waals surface area contributed by atoms with Gasteiger partial charge in [-0.05, 0) is 95.5 Å². The van der Waals surface area contributed by atoms with Crippen LogP contribution in [-0.2, 0) is 0 Å². The van der Waals surface area contributed by atoms with Crippen LogP contribution in [0, 0.1) is 0 Å². The van der Waals surface area contributed by atoms with E-state index in [0.29, 0.717) is 0 Å². The molecule has 10 rings (SSSR count). The van der Waals surface area contributed by atoms with Crippen molar-refractivity contribution in [2.45, 2.75) is 0 Å². The number of furan rings is 1. The third-order valence-electron chi connectivity index (χ3n) is 9.73. The first-order valence-electron chi connectivity index (χ1n) is 16.0. The first-order valence-corrected chi connectivity index (χ1v) is 16.0. The molecule has 0 aliphatic heterocycles. The summed E-state index contributed by atoms with van der Waals surface area (Å²) in [5.41, 5.74) is 11.2. The Hall–Kier alpha value is -6.25. The molecule has 0 bridgehead atoms. The first kappa shape index (κ1) is 26.0. The predicted molar refractivity (Wildman–Crippen MR) is 197 cm³/mol. The Morgan fingerprint density at radius 3 is 1.83 bits per heavy atom. The van der Waals surface area contributed by atoms with Crippen LogP contribution in [0.15, 0.2) is 168 Å². The van der Waals surface area contributed by atoms with Crippen molar-refractivity contribution in [2.75, 3.05) is 0 Å². The van der Waals surface area contributed by atoms with Crippen molar-refractivity contribution in [1.29, 1.82) is 0 Å². The molecule has 2 heterocycles. The summed E-state index contributed by atoms with van der Waals surface area (Å²) >= 11 is 0. The van der Waals surface area contributed by atoms with Gasteiger partial charge in [0.05, 0.1) is 0 Å². The zero-order chi connectivity index (χ0) is 30.9. The lowest BCUT2D eigenvalue weighted by molar-refractivity contribution is 0.670. The van der Waals surface area contributed by atoms with Gasteiger partial charge in [-0.2, -0.15) is 0 Å². The summed E-state index contributed by atoms with van der Waals surface area (Å²) in [6.45, 7) is 0. The Morgan fingerprint density at radius 1 is 0.383 bits per heavy atom.